The Morgan fingerprint density at radius 3 is 2.67 bits per heavy atom. The molecule has 0 saturated carbocycles. The predicted octanol–water partition coefficient (Wildman–Crippen LogP) is 3.39. The molecule has 0 aliphatic carbocycles. The van der Waals surface area contributed by atoms with Crippen LogP contribution in [0.5, 0.6) is 0 Å². The number of urea groups is 1. The zero-order chi connectivity index (χ0) is 14.5. The summed E-state index contributed by atoms with van der Waals surface area (Å²) in [5.74, 6) is 0. The lowest BCUT2D eigenvalue weighted by Crippen LogP contribution is -2.43. The van der Waals surface area contributed by atoms with Crippen LogP contribution in [0.3, 0.4) is 0 Å². The standard InChI is InChI=1S/C18H20N2O/c21-18(19-13-12-15-7-2-1-3-8-15)20-14-6-10-16-9-4-5-11-17(16)20/h1-5,7-9,11H,6,10,12-14H2,(H,19,21). The van der Waals surface area contributed by atoms with E-state index in [-0.39, 0.29) is 6.03 Å². The summed E-state index contributed by atoms with van der Waals surface area (Å²) in [7, 11) is 0. The third-order valence-electron chi connectivity index (χ3n) is 3.89. The largest absolute Gasteiger partial charge is 0.337 e. The van der Waals surface area contributed by atoms with Gasteiger partial charge in [-0.2, -0.15) is 0 Å². The second kappa shape index (κ2) is 6.44. The number of fused-ring (bicyclic) bond motifs is 1. The number of para-hydroxylation sites is 1. The van der Waals surface area contributed by atoms with E-state index in [2.05, 4.69) is 23.5 Å². The summed E-state index contributed by atoms with van der Waals surface area (Å²) in [5.41, 5.74) is 3.57. The van der Waals surface area contributed by atoms with Crippen LogP contribution in [-0.4, -0.2) is 19.1 Å². The molecule has 108 valence electrons. The van der Waals surface area contributed by atoms with Gasteiger partial charge in [0.25, 0.3) is 0 Å². The number of rotatable bonds is 3. The number of nitrogens with one attached hydrogen (secondary N) is 1. The van der Waals surface area contributed by atoms with E-state index >= 15 is 0 Å². The van der Waals surface area contributed by atoms with Gasteiger partial charge in [0.1, 0.15) is 0 Å². The lowest BCUT2D eigenvalue weighted by Gasteiger charge is -2.29. The van der Waals surface area contributed by atoms with Gasteiger partial charge < -0.3 is 5.32 Å². The SMILES string of the molecule is O=C(NCCc1ccccc1)N1CCCc2ccccc21. The van der Waals surface area contributed by atoms with E-state index in [0.29, 0.717) is 6.54 Å². The van der Waals surface area contributed by atoms with Crippen molar-refractivity contribution in [2.75, 3.05) is 18.0 Å². The van der Waals surface area contributed by atoms with Crippen LogP contribution >= 0.6 is 0 Å². The van der Waals surface area contributed by atoms with Crippen LogP contribution in [0.15, 0.2) is 54.6 Å². The Hall–Kier alpha value is -2.29. The second-order valence-corrected chi connectivity index (χ2v) is 5.35. The number of amides is 2. The number of carbonyl (C=O) groups excluding carboxylic acids is 1. The fraction of sp³-hybridized carbons (Fsp3) is 0.278. The molecule has 3 heteroatoms. The molecule has 0 aromatic heterocycles. The molecule has 1 heterocycles. The Kier molecular flexibility index (Phi) is 4.20. The Morgan fingerprint density at radius 2 is 1.81 bits per heavy atom. The Morgan fingerprint density at radius 1 is 1.05 bits per heavy atom. The summed E-state index contributed by atoms with van der Waals surface area (Å²) in [5, 5.41) is 3.03. The molecule has 0 unspecified atom stereocenters. The zero-order valence-electron chi connectivity index (χ0n) is 12.1. The molecule has 1 aliphatic heterocycles. The Balaban J connectivity index is 1.59. The molecule has 0 radical (unpaired) electrons. The normalized spacial score (nSPS) is 13.6. The predicted molar refractivity (Wildman–Crippen MR) is 85.7 cm³/mol. The average Bonchev–Trinajstić information content (AvgIpc) is 2.55. The molecule has 0 atom stereocenters. The first-order valence-electron chi connectivity index (χ1n) is 7.52. The first kappa shape index (κ1) is 13.7. The fourth-order valence-corrected chi connectivity index (χ4v) is 2.80. The summed E-state index contributed by atoms with van der Waals surface area (Å²) < 4.78 is 0. The maximum absolute atomic E-state index is 12.4. The lowest BCUT2D eigenvalue weighted by molar-refractivity contribution is 0.246. The van der Waals surface area contributed by atoms with Gasteiger partial charge in [-0.25, -0.2) is 4.79 Å². The third-order valence-corrected chi connectivity index (χ3v) is 3.89. The molecule has 0 bridgehead atoms. The van der Waals surface area contributed by atoms with E-state index in [4.69, 9.17) is 0 Å². The van der Waals surface area contributed by atoms with Crippen LogP contribution in [0.2, 0.25) is 0 Å². The number of carbonyl (C=O) groups is 1. The van der Waals surface area contributed by atoms with Crippen molar-refractivity contribution in [3.05, 3.63) is 65.7 Å². The maximum Gasteiger partial charge on any atom is 0.321 e. The Labute approximate surface area is 125 Å². The van der Waals surface area contributed by atoms with Gasteiger partial charge in [-0.15, -0.1) is 0 Å². The average molecular weight is 280 g/mol. The first-order valence-corrected chi connectivity index (χ1v) is 7.52. The minimum atomic E-state index is 0.0121. The molecular weight excluding hydrogens is 260 g/mol. The van der Waals surface area contributed by atoms with Crippen molar-refractivity contribution in [1.82, 2.24) is 5.32 Å². The highest BCUT2D eigenvalue weighted by atomic mass is 16.2. The topological polar surface area (TPSA) is 32.3 Å². The van der Waals surface area contributed by atoms with Crippen molar-refractivity contribution < 1.29 is 4.79 Å². The molecule has 0 fully saturated rings. The minimum Gasteiger partial charge on any atom is -0.337 e. The molecule has 2 aromatic carbocycles. The quantitative estimate of drug-likeness (QED) is 0.918. The smallest absolute Gasteiger partial charge is 0.321 e. The maximum atomic E-state index is 12.4. The number of hydrogen-bond acceptors (Lipinski definition) is 1. The van der Waals surface area contributed by atoms with Gasteiger partial charge in [0.05, 0.1) is 0 Å². The molecule has 1 N–H and O–H groups in total. The molecule has 0 spiro atoms. The molecule has 1 aliphatic rings. The van der Waals surface area contributed by atoms with E-state index in [1.807, 2.05) is 41.3 Å². The Bertz CT molecular complexity index is 610. The van der Waals surface area contributed by atoms with E-state index < -0.39 is 0 Å². The molecular formula is C18H20N2O. The highest BCUT2D eigenvalue weighted by molar-refractivity contribution is 5.93. The molecule has 2 aromatic rings. The van der Waals surface area contributed by atoms with E-state index in [1.165, 1.54) is 11.1 Å². The summed E-state index contributed by atoms with van der Waals surface area (Å²) >= 11 is 0. The van der Waals surface area contributed by atoms with Crippen LogP contribution in [0.1, 0.15) is 17.5 Å². The van der Waals surface area contributed by atoms with Crippen molar-refractivity contribution in [1.29, 1.82) is 0 Å². The van der Waals surface area contributed by atoms with Gasteiger partial charge in [-0.1, -0.05) is 48.5 Å². The number of nitrogens with zero attached hydrogens (tertiary/aromatic N) is 1. The molecule has 21 heavy (non-hydrogen) atoms. The molecule has 3 nitrogen and oxygen atoms in total. The molecule has 2 amide bonds. The van der Waals surface area contributed by atoms with Gasteiger partial charge in [0.15, 0.2) is 0 Å². The zero-order valence-corrected chi connectivity index (χ0v) is 12.1. The van der Waals surface area contributed by atoms with Gasteiger partial charge >= 0.3 is 6.03 Å². The molecule has 0 saturated heterocycles. The summed E-state index contributed by atoms with van der Waals surface area (Å²) in [4.78, 5) is 14.2. The summed E-state index contributed by atoms with van der Waals surface area (Å²) in [6.45, 7) is 1.47. The van der Waals surface area contributed by atoms with Gasteiger partial charge in [0, 0.05) is 18.8 Å². The highest BCUT2D eigenvalue weighted by Crippen LogP contribution is 2.26. The fourth-order valence-electron chi connectivity index (χ4n) is 2.80. The van der Waals surface area contributed by atoms with Gasteiger partial charge in [-0.3, -0.25) is 4.90 Å². The summed E-state index contributed by atoms with van der Waals surface area (Å²) in [6, 6.07) is 18.4. The van der Waals surface area contributed by atoms with Crippen LogP contribution in [-0.2, 0) is 12.8 Å². The van der Waals surface area contributed by atoms with Crippen LogP contribution in [0, 0.1) is 0 Å². The highest BCUT2D eigenvalue weighted by Gasteiger charge is 2.21. The van der Waals surface area contributed by atoms with Crippen LogP contribution < -0.4 is 10.2 Å². The summed E-state index contributed by atoms with van der Waals surface area (Å²) in [6.07, 6.45) is 2.95. The number of hydrogen-bond donors (Lipinski definition) is 1. The molecule has 3 rings (SSSR count). The lowest BCUT2D eigenvalue weighted by atomic mass is 10.0. The third kappa shape index (κ3) is 3.24. The van der Waals surface area contributed by atoms with Gasteiger partial charge in [0.2, 0.25) is 0 Å². The number of anilines is 1. The van der Waals surface area contributed by atoms with Crippen molar-refractivity contribution >= 4 is 11.7 Å². The second-order valence-electron chi connectivity index (χ2n) is 5.35. The van der Waals surface area contributed by atoms with Crippen molar-refractivity contribution in [3.8, 4) is 0 Å². The van der Waals surface area contributed by atoms with E-state index in [1.54, 1.807) is 0 Å². The first-order chi connectivity index (χ1) is 10.3. The van der Waals surface area contributed by atoms with E-state index in [9.17, 15) is 4.79 Å². The number of benzene rings is 2. The van der Waals surface area contributed by atoms with Crippen LogP contribution in [0.4, 0.5) is 10.5 Å². The number of aryl methyl sites for hydroxylation is 1. The monoisotopic (exact) mass is 280 g/mol. The van der Waals surface area contributed by atoms with E-state index in [0.717, 1.165) is 31.5 Å². The minimum absolute atomic E-state index is 0.0121. The van der Waals surface area contributed by atoms with Crippen molar-refractivity contribution in [3.63, 3.8) is 0 Å². The van der Waals surface area contributed by atoms with Crippen molar-refractivity contribution in [2.45, 2.75) is 19.3 Å². The van der Waals surface area contributed by atoms with Crippen molar-refractivity contribution in [2.24, 2.45) is 0 Å². The van der Waals surface area contributed by atoms with Crippen LogP contribution in [0.25, 0.3) is 0 Å². The van der Waals surface area contributed by atoms with Gasteiger partial charge in [-0.05, 0) is 36.5 Å².